The van der Waals surface area contributed by atoms with Crippen LogP contribution in [0.4, 0.5) is 0 Å². The second kappa shape index (κ2) is 3.91. The monoisotopic (exact) mass is 246 g/mol. The first-order chi connectivity index (χ1) is 6.06. The predicted molar refractivity (Wildman–Crippen MR) is 51.7 cm³/mol. The number of aromatic nitrogens is 2. The number of nitrogens with zero attached hydrogens (tertiary/aromatic N) is 2. The summed E-state index contributed by atoms with van der Waals surface area (Å²) in [6.07, 6.45) is 1.76. The third-order valence-corrected chi connectivity index (χ3v) is 2.18. The van der Waals surface area contributed by atoms with Crippen molar-refractivity contribution >= 4 is 21.9 Å². The van der Waals surface area contributed by atoms with Gasteiger partial charge in [-0.3, -0.25) is 4.68 Å². The molecule has 5 heteroatoms. The Hall–Kier alpha value is -0.840. The number of halogens is 1. The van der Waals surface area contributed by atoms with Gasteiger partial charge >= 0.3 is 5.97 Å². The quantitative estimate of drug-likeness (QED) is 0.751. The van der Waals surface area contributed by atoms with Crippen LogP contribution in [0.2, 0.25) is 0 Å². The second-order valence-corrected chi connectivity index (χ2v) is 3.75. The van der Waals surface area contributed by atoms with Gasteiger partial charge in [0.05, 0.1) is 11.6 Å². The second-order valence-electron chi connectivity index (χ2n) is 2.89. The van der Waals surface area contributed by atoms with Gasteiger partial charge < -0.3 is 4.74 Å². The molecule has 0 aromatic carbocycles. The molecule has 0 bridgehead atoms. The minimum absolute atomic E-state index is 0.231. The number of carbonyl (C=O) groups excluding carboxylic acids is 1. The van der Waals surface area contributed by atoms with E-state index in [2.05, 4.69) is 25.8 Å². The zero-order chi connectivity index (χ0) is 10.0. The first-order valence-electron chi connectivity index (χ1n) is 3.89. The Kier molecular flexibility index (Phi) is 3.08. The molecule has 72 valence electrons. The van der Waals surface area contributed by atoms with Crippen molar-refractivity contribution < 1.29 is 9.53 Å². The first kappa shape index (κ1) is 10.2. The molecule has 1 rings (SSSR count). The molecule has 0 spiro atoms. The molecule has 1 aromatic heterocycles. The third-order valence-electron chi connectivity index (χ3n) is 1.60. The number of hydrogen-bond acceptors (Lipinski definition) is 3. The maximum absolute atomic E-state index is 11.1. The maximum Gasteiger partial charge on any atom is 0.359 e. The molecular formula is C8H11BrN2O2. The summed E-state index contributed by atoms with van der Waals surface area (Å²) < 4.78 is 6.93. The van der Waals surface area contributed by atoms with Crippen molar-refractivity contribution in [3.63, 3.8) is 0 Å². The summed E-state index contributed by atoms with van der Waals surface area (Å²) in [7, 11) is 1.34. The SMILES string of the molecule is COC(=O)c1nn(C(C)C)cc1Br. The van der Waals surface area contributed by atoms with Crippen molar-refractivity contribution in [2.45, 2.75) is 19.9 Å². The summed E-state index contributed by atoms with van der Waals surface area (Å²) >= 11 is 3.24. The molecule has 1 aromatic rings. The van der Waals surface area contributed by atoms with Crippen LogP contribution in [0.25, 0.3) is 0 Å². The van der Waals surface area contributed by atoms with E-state index in [0.717, 1.165) is 0 Å². The van der Waals surface area contributed by atoms with Gasteiger partial charge in [-0.15, -0.1) is 0 Å². The molecule has 1 heterocycles. The minimum Gasteiger partial charge on any atom is -0.464 e. The van der Waals surface area contributed by atoms with Crippen molar-refractivity contribution in [1.82, 2.24) is 9.78 Å². The fourth-order valence-corrected chi connectivity index (χ4v) is 1.32. The molecule has 0 fully saturated rings. The van der Waals surface area contributed by atoms with Crippen molar-refractivity contribution in [1.29, 1.82) is 0 Å². The lowest BCUT2D eigenvalue weighted by molar-refractivity contribution is 0.0592. The molecular weight excluding hydrogens is 236 g/mol. The largest absolute Gasteiger partial charge is 0.464 e. The van der Waals surface area contributed by atoms with Crippen LogP contribution in [-0.4, -0.2) is 22.9 Å². The van der Waals surface area contributed by atoms with E-state index in [0.29, 0.717) is 10.2 Å². The predicted octanol–water partition coefficient (Wildman–Crippen LogP) is 2.01. The van der Waals surface area contributed by atoms with Crippen LogP contribution in [-0.2, 0) is 4.74 Å². The molecule has 4 nitrogen and oxygen atoms in total. The van der Waals surface area contributed by atoms with Crippen LogP contribution in [0, 0.1) is 0 Å². The lowest BCUT2D eigenvalue weighted by Gasteiger charge is -2.02. The summed E-state index contributed by atoms with van der Waals surface area (Å²) in [6, 6.07) is 0.231. The summed E-state index contributed by atoms with van der Waals surface area (Å²) in [5.74, 6) is -0.425. The summed E-state index contributed by atoms with van der Waals surface area (Å²) in [6.45, 7) is 3.97. The number of methoxy groups -OCH3 is 1. The van der Waals surface area contributed by atoms with E-state index >= 15 is 0 Å². The number of rotatable bonds is 2. The van der Waals surface area contributed by atoms with E-state index in [1.807, 2.05) is 13.8 Å². The molecule has 0 N–H and O–H groups in total. The van der Waals surface area contributed by atoms with Crippen LogP contribution in [0.15, 0.2) is 10.7 Å². The zero-order valence-electron chi connectivity index (χ0n) is 7.74. The zero-order valence-corrected chi connectivity index (χ0v) is 9.33. The van der Waals surface area contributed by atoms with Crippen molar-refractivity contribution in [2.24, 2.45) is 0 Å². The van der Waals surface area contributed by atoms with E-state index < -0.39 is 5.97 Å². The molecule has 0 amide bonds. The van der Waals surface area contributed by atoms with Crippen LogP contribution >= 0.6 is 15.9 Å². The van der Waals surface area contributed by atoms with Crippen LogP contribution in [0.5, 0.6) is 0 Å². The van der Waals surface area contributed by atoms with E-state index in [-0.39, 0.29) is 6.04 Å². The normalized spacial score (nSPS) is 10.5. The van der Waals surface area contributed by atoms with Gasteiger partial charge in [0.1, 0.15) is 0 Å². The van der Waals surface area contributed by atoms with Crippen LogP contribution in [0.1, 0.15) is 30.4 Å². The molecule has 13 heavy (non-hydrogen) atoms. The number of hydrogen-bond donors (Lipinski definition) is 0. The van der Waals surface area contributed by atoms with Gasteiger partial charge in [0.15, 0.2) is 5.69 Å². The Labute approximate surface area is 85.0 Å². The average molecular weight is 247 g/mol. The average Bonchev–Trinajstić information content (AvgIpc) is 2.46. The van der Waals surface area contributed by atoms with Gasteiger partial charge in [0.2, 0.25) is 0 Å². The van der Waals surface area contributed by atoms with Gasteiger partial charge in [-0.25, -0.2) is 4.79 Å². The third kappa shape index (κ3) is 2.09. The van der Waals surface area contributed by atoms with Gasteiger partial charge in [-0.05, 0) is 29.8 Å². The Morgan fingerprint density at radius 3 is 2.69 bits per heavy atom. The Bertz CT molecular complexity index is 320. The summed E-state index contributed by atoms with van der Waals surface area (Å²) in [4.78, 5) is 11.1. The maximum atomic E-state index is 11.1. The van der Waals surface area contributed by atoms with Crippen molar-refractivity contribution in [3.05, 3.63) is 16.4 Å². The molecule has 0 atom stereocenters. The summed E-state index contributed by atoms with van der Waals surface area (Å²) in [5, 5.41) is 4.08. The van der Waals surface area contributed by atoms with Gasteiger partial charge in [-0.1, -0.05) is 0 Å². The van der Waals surface area contributed by atoms with Gasteiger partial charge in [0, 0.05) is 12.2 Å². The van der Waals surface area contributed by atoms with Crippen LogP contribution < -0.4 is 0 Å². The van der Waals surface area contributed by atoms with Gasteiger partial charge in [-0.2, -0.15) is 5.10 Å². The lowest BCUT2D eigenvalue weighted by Crippen LogP contribution is -2.06. The molecule has 0 aliphatic carbocycles. The van der Waals surface area contributed by atoms with Crippen LogP contribution in [0.3, 0.4) is 0 Å². The summed E-state index contributed by atoms with van der Waals surface area (Å²) in [5.41, 5.74) is 0.316. The van der Waals surface area contributed by atoms with Crippen molar-refractivity contribution in [3.8, 4) is 0 Å². The Morgan fingerprint density at radius 1 is 1.69 bits per heavy atom. The van der Waals surface area contributed by atoms with E-state index in [4.69, 9.17) is 0 Å². The highest BCUT2D eigenvalue weighted by atomic mass is 79.9. The van der Waals surface area contributed by atoms with E-state index in [1.165, 1.54) is 7.11 Å². The number of esters is 1. The first-order valence-corrected chi connectivity index (χ1v) is 4.68. The molecule has 0 unspecified atom stereocenters. The van der Waals surface area contributed by atoms with E-state index in [9.17, 15) is 4.79 Å². The molecule has 0 aliphatic heterocycles. The fourth-order valence-electron chi connectivity index (χ4n) is 0.869. The van der Waals surface area contributed by atoms with Crippen molar-refractivity contribution in [2.75, 3.05) is 7.11 Å². The molecule has 0 aliphatic rings. The van der Waals surface area contributed by atoms with E-state index in [1.54, 1.807) is 10.9 Å². The lowest BCUT2D eigenvalue weighted by atomic mass is 10.4. The highest BCUT2D eigenvalue weighted by Gasteiger charge is 2.16. The minimum atomic E-state index is -0.425. The fraction of sp³-hybridized carbons (Fsp3) is 0.500. The topological polar surface area (TPSA) is 44.1 Å². The number of carbonyl (C=O) groups is 1. The number of ether oxygens (including phenoxy) is 1. The molecule has 0 saturated carbocycles. The van der Waals surface area contributed by atoms with Gasteiger partial charge in [0.25, 0.3) is 0 Å². The molecule has 0 radical (unpaired) electrons. The highest BCUT2D eigenvalue weighted by Crippen LogP contribution is 2.17. The highest BCUT2D eigenvalue weighted by molar-refractivity contribution is 9.10. The Morgan fingerprint density at radius 2 is 2.31 bits per heavy atom. The molecule has 0 saturated heterocycles. The smallest absolute Gasteiger partial charge is 0.359 e. The Balaban J connectivity index is 3.03. The standard InChI is InChI=1S/C8H11BrN2O2/c1-5(2)11-4-6(9)7(10-11)8(12)13-3/h4-5H,1-3H3.